The van der Waals surface area contributed by atoms with Crippen LogP contribution in [0, 0.1) is 0 Å². The summed E-state index contributed by atoms with van der Waals surface area (Å²) in [5.41, 5.74) is 0.837. The average Bonchev–Trinajstić information content (AvgIpc) is 2.76. The zero-order valence-electron chi connectivity index (χ0n) is 19.9. The summed E-state index contributed by atoms with van der Waals surface area (Å²) in [5.74, 6) is -0.664. The summed E-state index contributed by atoms with van der Waals surface area (Å²) in [6.45, 7) is 2.26. The van der Waals surface area contributed by atoms with Crippen LogP contribution in [-0.4, -0.2) is 16.1 Å². The van der Waals surface area contributed by atoms with Gasteiger partial charge < -0.3 is 10.1 Å². The van der Waals surface area contributed by atoms with Crippen LogP contribution in [0.25, 0.3) is 10.9 Å². The van der Waals surface area contributed by atoms with Gasteiger partial charge in [0.15, 0.2) is 0 Å². The van der Waals surface area contributed by atoms with Crippen molar-refractivity contribution >= 4 is 16.9 Å². The van der Waals surface area contributed by atoms with Gasteiger partial charge in [-0.15, -0.1) is 0 Å². The number of nitrogens with one attached hydrogen (secondary N) is 1. The van der Waals surface area contributed by atoms with Crippen LogP contribution in [-0.2, 0) is 38.9 Å². The van der Waals surface area contributed by atoms with E-state index in [0.717, 1.165) is 23.7 Å². The molecule has 4 nitrogen and oxygen atoms in total. The molecule has 0 aliphatic rings. The van der Waals surface area contributed by atoms with Gasteiger partial charge in [-0.3, -0.25) is 9.59 Å². The molecule has 0 spiro atoms. The first-order valence-corrected chi connectivity index (χ1v) is 12.1. The van der Waals surface area contributed by atoms with Gasteiger partial charge in [-0.25, -0.2) is 0 Å². The number of hydrogen-bond donors (Lipinski definition) is 2. The van der Waals surface area contributed by atoms with Gasteiger partial charge in [0.25, 0.3) is 0 Å². The summed E-state index contributed by atoms with van der Waals surface area (Å²) in [6, 6.07) is 11.0. The Morgan fingerprint density at radius 1 is 0.788 bits per heavy atom. The molecule has 6 heteroatoms. The van der Waals surface area contributed by atoms with E-state index in [1.54, 1.807) is 0 Å². The predicted octanol–water partition coefficient (Wildman–Crippen LogP) is 7.63. The molecule has 1 aromatic carbocycles. The predicted molar refractivity (Wildman–Crippen MR) is 132 cm³/mol. The molecule has 194 valence electrons. The molecule has 33 heavy (non-hydrogen) atoms. The number of carboxylic acids is 1. The van der Waals surface area contributed by atoms with Crippen molar-refractivity contribution in [2.75, 3.05) is 0 Å². The summed E-state index contributed by atoms with van der Waals surface area (Å²) in [6.07, 6.45) is 21.2. The molecule has 0 fully saturated rings. The van der Waals surface area contributed by atoms with Crippen LogP contribution < -0.4 is 5.56 Å². The van der Waals surface area contributed by atoms with E-state index >= 15 is 0 Å². The molecule has 2 aromatic rings. The molecule has 2 N–H and O–H groups in total. The summed E-state index contributed by atoms with van der Waals surface area (Å²) in [5, 5.41) is 9.57. The Morgan fingerprint density at radius 3 is 1.94 bits per heavy atom. The van der Waals surface area contributed by atoms with Crippen molar-refractivity contribution in [3.05, 3.63) is 58.9 Å². The molecule has 2 rings (SSSR count). The second kappa shape index (κ2) is 23.8. The number of hydrogen-bond acceptors (Lipinski definition) is 2. The van der Waals surface area contributed by atoms with E-state index in [9.17, 15) is 9.59 Å². The number of unbranched alkanes of at least 4 members (excludes halogenated alkanes) is 11. The average molecular weight is 555 g/mol. The number of fused-ring (bicyclic) bond motifs is 1. The smallest absolute Gasteiger partial charge is 0.303 e. The van der Waals surface area contributed by atoms with E-state index in [2.05, 4.69) is 24.1 Å². The maximum Gasteiger partial charge on any atom is 0.303 e. The Labute approximate surface area is 221 Å². The van der Waals surface area contributed by atoms with Crippen LogP contribution in [0.2, 0.25) is 0 Å². The van der Waals surface area contributed by atoms with Gasteiger partial charge >= 0.3 is 5.97 Å². The first kappa shape index (κ1) is 33.8. The minimum Gasteiger partial charge on any atom is -0.481 e. The number of carbonyl (C=O) groups is 1. The molecule has 0 aliphatic heterocycles. The Hall–Kier alpha value is -1.32. The van der Waals surface area contributed by atoms with Crippen LogP contribution in [0.3, 0.4) is 0 Å². The maximum absolute atomic E-state index is 10.8. The van der Waals surface area contributed by atoms with Crippen molar-refractivity contribution in [3.63, 3.8) is 0 Å². The monoisotopic (exact) mass is 553 g/mol. The molecule has 0 aliphatic carbocycles. The van der Waals surface area contributed by atoms with Crippen LogP contribution in [0.1, 0.15) is 96.8 Å². The van der Waals surface area contributed by atoms with E-state index in [-0.39, 0.29) is 39.7 Å². The summed E-state index contributed by atoms with van der Waals surface area (Å²) in [4.78, 5) is 23.9. The third-order valence-corrected chi connectivity index (χ3v) is 5.29. The van der Waals surface area contributed by atoms with Crippen LogP contribution >= 0.6 is 0 Å². The number of pyridine rings is 1. The number of para-hydroxylation sites is 1. The largest absolute Gasteiger partial charge is 0.481 e. The van der Waals surface area contributed by atoms with E-state index in [1.165, 1.54) is 76.7 Å². The molecule has 0 amide bonds. The molecule has 2 radical (unpaired) electrons. The van der Waals surface area contributed by atoms with Gasteiger partial charge in [-0.05, 0) is 49.6 Å². The SMILES string of the molecule is CCCCCCCC/C=C\CCCCCCCC(=O)O.O=c1ccc2ccccc2[nH]1.[Cu].[Cu]. The quantitative estimate of drug-likeness (QED) is 0.135. The van der Waals surface area contributed by atoms with E-state index in [4.69, 9.17) is 5.11 Å². The fraction of sp³-hybridized carbons (Fsp3) is 0.556. The Kier molecular flexibility index (Phi) is 24.4. The molecular formula is C27H41Cu2NO3. The minimum absolute atomic E-state index is 0. The van der Waals surface area contributed by atoms with Crippen LogP contribution in [0.4, 0.5) is 0 Å². The number of benzene rings is 1. The van der Waals surface area contributed by atoms with Crippen molar-refractivity contribution in [1.29, 1.82) is 0 Å². The normalized spacial score (nSPS) is 10.2. The molecule has 0 atom stereocenters. The fourth-order valence-corrected chi connectivity index (χ4v) is 3.44. The number of aliphatic carboxylic acids is 1. The summed E-state index contributed by atoms with van der Waals surface area (Å²) in [7, 11) is 0. The van der Waals surface area contributed by atoms with Gasteiger partial charge in [0.1, 0.15) is 0 Å². The Balaban J connectivity index is 0. The van der Waals surface area contributed by atoms with Crippen molar-refractivity contribution in [2.45, 2.75) is 96.8 Å². The van der Waals surface area contributed by atoms with Crippen molar-refractivity contribution in [3.8, 4) is 0 Å². The maximum atomic E-state index is 10.8. The second-order valence-corrected chi connectivity index (χ2v) is 8.14. The topological polar surface area (TPSA) is 70.2 Å². The molecule has 0 saturated heterocycles. The zero-order chi connectivity index (χ0) is 22.6. The number of H-pyrrole nitrogens is 1. The van der Waals surface area contributed by atoms with E-state index in [1.807, 2.05) is 30.3 Å². The fourth-order valence-electron chi connectivity index (χ4n) is 3.44. The van der Waals surface area contributed by atoms with Gasteiger partial charge in [-0.1, -0.05) is 88.6 Å². The molecule has 0 bridgehead atoms. The number of rotatable bonds is 15. The third-order valence-electron chi connectivity index (χ3n) is 5.29. The van der Waals surface area contributed by atoms with Gasteiger partial charge in [0, 0.05) is 52.1 Å². The van der Waals surface area contributed by atoms with Crippen molar-refractivity contribution in [2.24, 2.45) is 0 Å². The third kappa shape index (κ3) is 19.8. The van der Waals surface area contributed by atoms with Crippen molar-refractivity contribution in [1.82, 2.24) is 4.98 Å². The molecule has 0 saturated carbocycles. The number of carboxylic acid groups (broad SMARTS) is 1. The minimum atomic E-state index is -0.664. The summed E-state index contributed by atoms with van der Waals surface area (Å²) < 4.78 is 0. The zero-order valence-corrected chi connectivity index (χ0v) is 21.8. The van der Waals surface area contributed by atoms with Crippen LogP contribution in [0.5, 0.6) is 0 Å². The van der Waals surface area contributed by atoms with E-state index in [0.29, 0.717) is 6.42 Å². The number of aromatic amines is 1. The van der Waals surface area contributed by atoms with Gasteiger partial charge in [0.2, 0.25) is 5.56 Å². The van der Waals surface area contributed by atoms with E-state index < -0.39 is 5.97 Å². The second-order valence-electron chi connectivity index (χ2n) is 8.14. The molecule has 0 unspecified atom stereocenters. The standard InChI is InChI=1S/C18H34O2.C9H7NO.2Cu/c1-2-3-4-5-6-7-8-9-10-11-12-13-14-15-16-17-18(19)20;11-9-6-5-7-3-1-2-4-8(7)10-9;;/h9-10H,2-8,11-17H2,1H3,(H,19,20);1-6H,(H,10,11);;/b10-9-;;;. The Morgan fingerprint density at radius 2 is 1.33 bits per heavy atom. The first-order valence-electron chi connectivity index (χ1n) is 12.1. The number of aromatic nitrogens is 1. The van der Waals surface area contributed by atoms with Crippen molar-refractivity contribution < 1.29 is 44.0 Å². The number of allylic oxidation sites excluding steroid dienone is 2. The first-order chi connectivity index (χ1) is 15.1. The van der Waals surface area contributed by atoms with Gasteiger partial charge in [-0.2, -0.15) is 0 Å². The Bertz CT molecular complexity index is 805. The van der Waals surface area contributed by atoms with Gasteiger partial charge in [0.05, 0.1) is 0 Å². The van der Waals surface area contributed by atoms with Crippen LogP contribution in [0.15, 0.2) is 53.3 Å². The molecule has 1 heterocycles. The molecular weight excluding hydrogens is 513 g/mol. The molecule has 1 aromatic heterocycles. The summed E-state index contributed by atoms with van der Waals surface area (Å²) >= 11 is 0.